The number of carboxylic acids is 1. The summed E-state index contributed by atoms with van der Waals surface area (Å²) in [7, 11) is -4.31. The standard InChI is InChI=1S/C21H19N3O8S/c22-20(23)15-4-3-13-7-12(1-2-14(13)8-15)11-33(29,30)32-19(26)9-18(25)24-10-16-5-6-17(31-16)21(27)28/h1-8H,9-11H2,(H3,22,23)(H,24,25)(H,27,28). The van der Waals surface area contributed by atoms with E-state index in [1.54, 1.807) is 36.4 Å². The maximum Gasteiger partial charge on any atom is 0.371 e. The number of benzene rings is 2. The highest BCUT2D eigenvalue weighted by atomic mass is 32.2. The lowest BCUT2D eigenvalue weighted by atomic mass is 10.0. The van der Waals surface area contributed by atoms with Crippen LogP contribution >= 0.6 is 0 Å². The number of nitrogen functional groups attached to an aromatic ring is 1. The number of aromatic carboxylic acids is 1. The topological polar surface area (TPSA) is 190 Å². The van der Waals surface area contributed by atoms with Crippen LogP contribution < -0.4 is 11.1 Å². The maximum atomic E-state index is 12.2. The zero-order chi connectivity index (χ0) is 24.2. The summed E-state index contributed by atoms with van der Waals surface area (Å²) in [6, 6.07) is 12.4. The molecule has 3 aromatic rings. The van der Waals surface area contributed by atoms with Gasteiger partial charge >= 0.3 is 22.1 Å². The molecule has 0 aliphatic rings. The Labute approximate surface area is 187 Å². The highest BCUT2D eigenvalue weighted by Crippen LogP contribution is 2.20. The predicted octanol–water partition coefficient (Wildman–Crippen LogP) is 1.49. The van der Waals surface area contributed by atoms with Crippen LogP contribution in [0.4, 0.5) is 0 Å². The van der Waals surface area contributed by atoms with E-state index < -0.39 is 40.1 Å². The first-order chi connectivity index (χ1) is 15.5. The largest absolute Gasteiger partial charge is 0.475 e. The SMILES string of the molecule is N=C(N)c1ccc2cc(CS(=O)(=O)OC(=O)CC(=O)NCc3ccc(C(=O)O)o3)ccc2c1. The number of hydrogen-bond acceptors (Lipinski definition) is 8. The van der Waals surface area contributed by atoms with Crippen molar-refractivity contribution in [3.63, 3.8) is 0 Å². The third kappa shape index (κ3) is 6.40. The lowest BCUT2D eigenvalue weighted by molar-refractivity contribution is -0.138. The van der Waals surface area contributed by atoms with Gasteiger partial charge in [0.05, 0.1) is 6.54 Å². The zero-order valence-electron chi connectivity index (χ0n) is 17.0. The molecule has 0 saturated carbocycles. The van der Waals surface area contributed by atoms with Crippen molar-refractivity contribution in [1.82, 2.24) is 5.32 Å². The molecule has 0 saturated heterocycles. The van der Waals surface area contributed by atoms with E-state index in [9.17, 15) is 22.8 Å². The maximum absolute atomic E-state index is 12.2. The Morgan fingerprint density at radius 3 is 2.42 bits per heavy atom. The van der Waals surface area contributed by atoms with Gasteiger partial charge in [-0.05, 0) is 34.5 Å². The first kappa shape index (κ1) is 23.5. The lowest BCUT2D eigenvalue weighted by Crippen LogP contribution is -2.27. The average Bonchev–Trinajstić information content (AvgIpc) is 3.20. The highest BCUT2D eigenvalue weighted by molar-refractivity contribution is 7.86. The number of rotatable bonds is 9. The minimum Gasteiger partial charge on any atom is -0.475 e. The van der Waals surface area contributed by atoms with Crippen LogP contribution in [0, 0.1) is 5.41 Å². The van der Waals surface area contributed by atoms with Crippen molar-refractivity contribution >= 4 is 44.6 Å². The second kappa shape index (κ2) is 9.53. The van der Waals surface area contributed by atoms with Crippen LogP contribution in [0.2, 0.25) is 0 Å². The number of nitrogens with two attached hydrogens (primary N) is 1. The van der Waals surface area contributed by atoms with Gasteiger partial charge in [-0.3, -0.25) is 15.0 Å². The Balaban J connectivity index is 1.55. The number of furan rings is 1. The highest BCUT2D eigenvalue weighted by Gasteiger charge is 2.21. The molecule has 11 nitrogen and oxygen atoms in total. The molecule has 1 heterocycles. The second-order valence-corrected chi connectivity index (χ2v) is 8.56. The fraction of sp³-hybridized carbons (Fsp3) is 0.143. The first-order valence-corrected chi connectivity index (χ1v) is 11.0. The van der Waals surface area contributed by atoms with Crippen molar-refractivity contribution in [2.45, 2.75) is 18.7 Å². The molecule has 3 rings (SSSR count). The van der Waals surface area contributed by atoms with Crippen molar-refractivity contribution in [2.75, 3.05) is 0 Å². The molecule has 12 heteroatoms. The van der Waals surface area contributed by atoms with Crippen LogP contribution in [0.15, 0.2) is 52.9 Å². The Kier molecular flexibility index (Phi) is 6.78. The molecular formula is C21H19N3O8S. The third-order valence-corrected chi connectivity index (χ3v) is 5.54. The molecule has 33 heavy (non-hydrogen) atoms. The Bertz CT molecular complexity index is 1360. The van der Waals surface area contributed by atoms with Gasteiger partial charge in [-0.15, -0.1) is 0 Å². The molecule has 5 N–H and O–H groups in total. The molecule has 1 amide bonds. The number of nitrogens with one attached hydrogen (secondary N) is 2. The number of hydrogen-bond donors (Lipinski definition) is 4. The van der Waals surface area contributed by atoms with Crippen LogP contribution in [0.3, 0.4) is 0 Å². The first-order valence-electron chi connectivity index (χ1n) is 9.43. The third-order valence-electron chi connectivity index (χ3n) is 4.42. The van der Waals surface area contributed by atoms with Gasteiger partial charge in [0.15, 0.2) is 0 Å². The van der Waals surface area contributed by atoms with Gasteiger partial charge in [0, 0.05) is 5.56 Å². The van der Waals surface area contributed by atoms with E-state index in [1.807, 2.05) is 0 Å². The van der Waals surface area contributed by atoms with E-state index in [0.29, 0.717) is 16.5 Å². The van der Waals surface area contributed by atoms with Crippen LogP contribution in [0.25, 0.3) is 10.8 Å². The number of amidine groups is 1. The molecule has 0 bridgehead atoms. The van der Waals surface area contributed by atoms with E-state index in [1.165, 1.54) is 12.1 Å². The molecular weight excluding hydrogens is 454 g/mol. The smallest absolute Gasteiger partial charge is 0.371 e. The monoisotopic (exact) mass is 473 g/mol. The average molecular weight is 473 g/mol. The molecule has 0 unspecified atom stereocenters. The van der Waals surface area contributed by atoms with E-state index >= 15 is 0 Å². The summed E-state index contributed by atoms with van der Waals surface area (Å²) in [4.78, 5) is 34.5. The van der Waals surface area contributed by atoms with Crippen molar-refractivity contribution in [3.05, 3.63) is 71.2 Å². The summed E-state index contributed by atoms with van der Waals surface area (Å²) < 4.78 is 33.9. The van der Waals surface area contributed by atoms with Crippen LogP contribution in [0.5, 0.6) is 0 Å². The van der Waals surface area contributed by atoms with E-state index in [2.05, 4.69) is 9.50 Å². The minimum absolute atomic E-state index is 0.0892. The number of fused-ring (bicyclic) bond motifs is 1. The Morgan fingerprint density at radius 1 is 1.06 bits per heavy atom. The normalized spacial score (nSPS) is 11.2. The van der Waals surface area contributed by atoms with E-state index in [4.69, 9.17) is 20.7 Å². The molecule has 0 spiro atoms. The van der Waals surface area contributed by atoms with Crippen LogP contribution in [-0.2, 0) is 36.2 Å². The fourth-order valence-electron chi connectivity index (χ4n) is 2.92. The number of carboxylic acid groups (broad SMARTS) is 1. The van der Waals surface area contributed by atoms with Crippen molar-refractivity contribution in [1.29, 1.82) is 5.41 Å². The van der Waals surface area contributed by atoms with Gasteiger partial charge in [-0.2, -0.15) is 8.42 Å². The Morgan fingerprint density at radius 2 is 1.76 bits per heavy atom. The quantitative estimate of drug-likeness (QED) is 0.154. The summed E-state index contributed by atoms with van der Waals surface area (Å²) in [6.07, 6.45) is -0.850. The van der Waals surface area contributed by atoms with Gasteiger partial charge in [0.1, 0.15) is 23.8 Å². The van der Waals surface area contributed by atoms with Gasteiger partial charge in [0.25, 0.3) is 0 Å². The van der Waals surface area contributed by atoms with E-state index in [0.717, 1.165) is 5.39 Å². The van der Waals surface area contributed by atoms with Crippen molar-refractivity contribution in [2.24, 2.45) is 5.73 Å². The van der Waals surface area contributed by atoms with Crippen molar-refractivity contribution < 1.29 is 36.5 Å². The molecule has 2 aromatic carbocycles. The summed E-state index contributed by atoms with van der Waals surface area (Å²) in [6.45, 7) is -0.186. The summed E-state index contributed by atoms with van der Waals surface area (Å²) in [5.74, 6) is -4.19. The summed E-state index contributed by atoms with van der Waals surface area (Å²) >= 11 is 0. The lowest BCUT2D eigenvalue weighted by Gasteiger charge is -2.08. The zero-order valence-corrected chi connectivity index (χ0v) is 17.8. The predicted molar refractivity (Wildman–Crippen MR) is 116 cm³/mol. The summed E-state index contributed by atoms with van der Waals surface area (Å²) in [5, 5.41) is 20.0. The van der Waals surface area contributed by atoms with Gasteiger partial charge in [-0.25, -0.2) is 4.79 Å². The Hall–Kier alpha value is -4.19. The number of carbonyl (C=O) groups is 3. The molecule has 0 radical (unpaired) electrons. The molecule has 0 fully saturated rings. The summed E-state index contributed by atoms with van der Waals surface area (Å²) in [5.41, 5.74) is 6.36. The molecule has 0 atom stereocenters. The molecule has 172 valence electrons. The molecule has 0 aliphatic heterocycles. The number of carbonyl (C=O) groups excluding carboxylic acids is 2. The molecule has 1 aromatic heterocycles. The van der Waals surface area contributed by atoms with Crippen LogP contribution in [0.1, 0.15) is 33.9 Å². The number of amides is 1. The van der Waals surface area contributed by atoms with Gasteiger partial charge in [-0.1, -0.05) is 30.3 Å². The minimum atomic E-state index is -4.31. The second-order valence-electron chi connectivity index (χ2n) is 6.99. The van der Waals surface area contributed by atoms with Gasteiger partial charge in [0.2, 0.25) is 11.7 Å². The van der Waals surface area contributed by atoms with Crippen LogP contribution in [-0.4, -0.2) is 37.2 Å². The van der Waals surface area contributed by atoms with Gasteiger partial charge < -0.3 is 24.8 Å². The molecule has 0 aliphatic carbocycles. The fourth-order valence-corrected chi connectivity index (χ4v) is 3.91. The van der Waals surface area contributed by atoms with Crippen molar-refractivity contribution in [3.8, 4) is 0 Å². The van der Waals surface area contributed by atoms with E-state index in [-0.39, 0.29) is 23.9 Å².